The first kappa shape index (κ1) is 15.1. The van der Waals surface area contributed by atoms with E-state index in [1.54, 1.807) is 0 Å². The lowest BCUT2D eigenvalue weighted by Gasteiger charge is -2.45. The number of hydrogen-bond donors (Lipinski definition) is 0. The molecule has 124 valence electrons. The predicted octanol–water partition coefficient (Wildman–Crippen LogP) is 1.48. The molecule has 4 rings (SSSR count). The molecular formula is C18H24N2O3. The monoisotopic (exact) mass is 316 g/mol. The van der Waals surface area contributed by atoms with Gasteiger partial charge in [-0.1, -0.05) is 12.1 Å². The minimum atomic E-state index is -0.200. The average molecular weight is 316 g/mol. The second-order valence-corrected chi connectivity index (χ2v) is 7.07. The third-order valence-electron chi connectivity index (χ3n) is 5.23. The average Bonchev–Trinajstić information content (AvgIpc) is 2.53. The highest BCUT2D eigenvalue weighted by molar-refractivity contribution is 5.92. The highest BCUT2D eigenvalue weighted by atomic mass is 16.5. The Balaban J connectivity index is 1.53. The second-order valence-electron chi connectivity index (χ2n) is 7.07. The fourth-order valence-electron chi connectivity index (χ4n) is 3.92. The molecule has 0 spiro atoms. The van der Waals surface area contributed by atoms with Crippen molar-refractivity contribution in [2.45, 2.75) is 31.6 Å². The number of benzene rings is 1. The van der Waals surface area contributed by atoms with Crippen molar-refractivity contribution in [3.8, 4) is 0 Å². The number of carbonyl (C=O) groups excluding carboxylic acids is 1. The van der Waals surface area contributed by atoms with Crippen molar-refractivity contribution in [2.24, 2.45) is 0 Å². The lowest BCUT2D eigenvalue weighted by molar-refractivity contribution is -0.0873. The molecule has 5 heteroatoms. The summed E-state index contributed by atoms with van der Waals surface area (Å²) < 4.78 is 11.4. The van der Waals surface area contributed by atoms with Gasteiger partial charge in [0.1, 0.15) is 6.10 Å². The molecule has 2 saturated heterocycles. The molecule has 2 fully saturated rings. The van der Waals surface area contributed by atoms with E-state index in [0.717, 1.165) is 44.8 Å². The van der Waals surface area contributed by atoms with Gasteiger partial charge >= 0.3 is 5.97 Å². The summed E-state index contributed by atoms with van der Waals surface area (Å²) in [6, 6.07) is 6.58. The second kappa shape index (κ2) is 5.89. The highest BCUT2D eigenvalue weighted by Crippen LogP contribution is 2.30. The van der Waals surface area contributed by atoms with Crippen molar-refractivity contribution >= 4 is 5.97 Å². The molecule has 3 heterocycles. The van der Waals surface area contributed by atoms with Crippen molar-refractivity contribution in [3.05, 3.63) is 34.9 Å². The number of ether oxygens (including phenoxy) is 2. The molecule has 0 unspecified atom stereocenters. The maximum atomic E-state index is 11.9. The number of cyclic esters (lactones) is 1. The van der Waals surface area contributed by atoms with E-state index in [9.17, 15) is 4.79 Å². The summed E-state index contributed by atoms with van der Waals surface area (Å²) in [5.74, 6) is -0.200. The lowest BCUT2D eigenvalue weighted by atomic mass is 9.94. The van der Waals surface area contributed by atoms with Crippen LogP contribution in [0.1, 0.15) is 34.5 Å². The summed E-state index contributed by atoms with van der Waals surface area (Å²) in [5.41, 5.74) is 2.98. The first-order chi connectivity index (χ1) is 11.1. The van der Waals surface area contributed by atoms with Crippen molar-refractivity contribution in [3.63, 3.8) is 0 Å². The van der Waals surface area contributed by atoms with Gasteiger partial charge in [0.25, 0.3) is 0 Å². The number of morpholine rings is 1. The number of piperazine rings is 1. The smallest absolute Gasteiger partial charge is 0.338 e. The van der Waals surface area contributed by atoms with Crippen LogP contribution in [-0.4, -0.2) is 67.7 Å². The SMILES string of the molecule is C[C@@H]1Cc2cc([C@@H]3CN4CCN(C)C[C@@H]4CO3)ccc2C(=O)O1. The van der Waals surface area contributed by atoms with Gasteiger partial charge < -0.3 is 14.4 Å². The van der Waals surface area contributed by atoms with Gasteiger partial charge in [0.2, 0.25) is 0 Å². The Morgan fingerprint density at radius 3 is 2.96 bits per heavy atom. The summed E-state index contributed by atoms with van der Waals surface area (Å²) in [7, 11) is 2.17. The van der Waals surface area contributed by atoms with E-state index in [-0.39, 0.29) is 18.2 Å². The molecule has 23 heavy (non-hydrogen) atoms. The summed E-state index contributed by atoms with van der Waals surface area (Å²) in [5, 5.41) is 0. The molecule has 0 radical (unpaired) electrons. The van der Waals surface area contributed by atoms with Crippen LogP contribution in [0.2, 0.25) is 0 Å². The third kappa shape index (κ3) is 2.89. The van der Waals surface area contributed by atoms with Gasteiger partial charge in [-0.15, -0.1) is 0 Å². The molecule has 0 amide bonds. The molecule has 1 aromatic rings. The molecule has 0 aliphatic carbocycles. The topological polar surface area (TPSA) is 42.0 Å². The zero-order chi connectivity index (χ0) is 16.0. The van der Waals surface area contributed by atoms with Crippen molar-refractivity contribution in [1.82, 2.24) is 9.80 Å². The zero-order valence-corrected chi connectivity index (χ0v) is 13.8. The number of likely N-dealkylation sites (N-methyl/N-ethyl adjacent to an activating group) is 1. The Bertz CT molecular complexity index is 618. The molecule has 5 nitrogen and oxygen atoms in total. The number of nitrogens with zero attached hydrogens (tertiary/aromatic N) is 2. The van der Waals surface area contributed by atoms with Crippen LogP contribution in [0.25, 0.3) is 0 Å². The maximum Gasteiger partial charge on any atom is 0.338 e. The van der Waals surface area contributed by atoms with Crippen LogP contribution in [0, 0.1) is 0 Å². The van der Waals surface area contributed by atoms with E-state index >= 15 is 0 Å². The van der Waals surface area contributed by atoms with Gasteiger partial charge in [-0.25, -0.2) is 4.79 Å². The predicted molar refractivity (Wildman–Crippen MR) is 86.6 cm³/mol. The van der Waals surface area contributed by atoms with Crippen LogP contribution in [0.5, 0.6) is 0 Å². The van der Waals surface area contributed by atoms with Gasteiger partial charge in [-0.05, 0) is 31.2 Å². The summed E-state index contributed by atoms with van der Waals surface area (Å²) in [6.45, 7) is 6.98. The van der Waals surface area contributed by atoms with E-state index in [1.807, 2.05) is 19.1 Å². The van der Waals surface area contributed by atoms with E-state index in [0.29, 0.717) is 11.6 Å². The molecule has 3 aliphatic heterocycles. The van der Waals surface area contributed by atoms with Gasteiger partial charge in [0.05, 0.1) is 18.3 Å². The van der Waals surface area contributed by atoms with Crippen LogP contribution in [-0.2, 0) is 15.9 Å². The minimum Gasteiger partial charge on any atom is -0.459 e. The number of esters is 1. The van der Waals surface area contributed by atoms with E-state index < -0.39 is 0 Å². The van der Waals surface area contributed by atoms with E-state index in [1.165, 1.54) is 5.56 Å². The lowest BCUT2D eigenvalue weighted by Crippen LogP contribution is -2.57. The van der Waals surface area contributed by atoms with Crippen LogP contribution in [0.4, 0.5) is 0 Å². The summed E-state index contributed by atoms with van der Waals surface area (Å²) in [6.07, 6.45) is 0.853. The number of hydrogen-bond acceptors (Lipinski definition) is 5. The van der Waals surface area contributed by atoms with Gasteiger partial charge in [0.15, 0.2) is 0 Å². The van der Waals surface area contributed by atoms with E-state index in [4.69, 9.17) is 9.47 Å². The van der Waals surface area contributed by atoms with Crippen LogP contribution < -0.4 is 0 Å². The normalized spacial score (nSPS) is 32.1. The third-order valence-corrected chi connectivity index (χ3v) is 5.23. The Morgan fingerprint density at radius 1 is 1.22 bits per heavy atom. The van der Waals surface area contributed by atoms with Crippen LogP contribution in [0.3, 0.4) is 0 Å². The van der Waals surface area contributed by atoms with Crippen molar-refractivity contribution < 1.29 is 14.3 Å². The molecular weight excluding hydrogens is 292 g/mol. The van der Waals surface area contributed by atoms with Gasteiger partial charge in [-0.2, -0.15) is 0 Å². The Labute approximate surface area is 137 Å². The van der Waals surface area contributed by atoms with Crippen LogP contribution in [0.15, 0.2) is 18.2 Å². The number of fused-ring (bicyclic) bond motifs is 2. The highest BCUT2D eigenvalue weighted by Gasteiger charge is 2.33. The number of rotatable bonds is 1. The Hall–Kier alpha value is -1.43. The molecule has 1 aromatic carbocycles. The minimum absolute atomic E-state index is 0.0421. The fraction of sp³-hybridized carbons (Fsp3) is 0.611. The molecule has 0 bridgehead atoms. The quantitative estimate of drug-likeness (QED) is 0.734. The molecule has 0 aromatic heterocycles. The standard InChI is InChI=1S/C18H24N2O3/c1-12-7-14-8-13(3-4-16(14)18(21)23-12)17-10-20-6-5-19(2)9-15(20)11-22-17/h3-4,8,12,15,17H,5-7,9-11H2,1-2H3/t12-,15-,17+/m1/s1. The van der Waals surface area contributed by atoms with E-state index in [2.05, 4.69) is 22.9 Å². The van der Waals surface area contributed by atoms with Gasteiger partial charge in [-0.3, -0.25) is 4.90 Å². The molecule has 3 aliphatic rings. The Kier molecular flexibility index (Phi) is 3.87. The molecule has 0 saturated carbocycles. The van der Waals surface area contributed by atoms with Gasteiger partial charge in [0, 0.05) is 38.6 Å². The maximum absolute atomic E-state index is 11.9. The molecule has 3 atom stereocenters. The summed E-state index contributed by atoms with van der Waals surface area (Å²) in [4.78, 5) is 16.9. The van der Waals surface area contributed by atoms with Crippen LogP contribution >= 0.6 is 0 Å². The summed E-state index contributed by atoms with van der Waals surface area (Å²) >= 11 is 0. The first-order valence-corrected chi connectivity index (χ1v) is 8.48. The largest absolute Gasteiger partial charge is 0.459 e. The fourth-order valence-corrected chi connectivity index (χ4v) is 3.92. The molecule has 0 N–H and O–H groups in total. The van der Waals surface area contributed by atoms with Crippen molar-refractivity contribution in [2.75, 3.05) is 39.8 Å². The zero-order valence-electron chi connectivity index (χ0n) is 13.8. The van der Waals surface area contributed by atoms with Crippen molar-refractivity contribution in [1.29, 1.82) is 0 Å². The number of carbonyl (C=O) groups is 1. The first-order valence-electron chi connectivity index (χ1n) is 8.48. The Morgan fingerprint density at radius 2 is 2.09 bits per heavy atom.